The molecule has 0 fully saturated rings. The molecule has 0 aromatic heterocycles. The largest absolute Gasteiger partial charge is 0.507 e. The molecule has 1 N–H and O–H groups in total. The highest BCUT2D eigenvalue weighted by atomic mass is 19.4. The summed E-state index contributed by atoms with van der Waals surface area (Å²) in [6, 6.07) is 6.53. The molecule has 0 saturated heterocycles. The smallest absolute Gasteiger partial charge is 0.422 e. The Kier molecular flexibility index (Phi) is 5.90. The molecule has 7 heteroatoms. The van der Waals surface area contributed by atoms with Crippen LogP contribution in [0.1, 0.15) is 33.5 Å². The average molecular weight is 370 g/mol. The van der Waals surface area contributed by atoms with Gasteiger partial charge in [-0.3, -0.25) is 4.79 Å². The van der Waals surface area contributed by atoms with Crippen molar-refractivity contribution in [2.75, 3.05) is 6.61 Å². The number of hydrogen-bond donors (Lipinski definition) is 1. The molecule has 0 aliphatic heterocycles. The van der Waals surface area contributed by atoms with Crippen molar-refractivity contribution in [3.05, 3.63) is 58.4 Å². The van der Waals surface area contributed by atoms with E-state index in [1.54, 1.807) is 26.0 Å². The molecule has 0 spiro atoms. The van der Waals surface area contributed by atoms with E-state index in [4.69, 9.17) is 0 Å². The molecule has 0 radical (unpaired) electrons. The zero-order chi connectivity index (χ0) is 19.5. The third-order valence-corrected chi connectivity index (χ3v) is 3.84. The zero-order valence-corrected chi connectivity index (χ0v) is 14.3. The molecule has 26 heavy (non-hydrogen) atoms. The van der Waals surface area contributed by atoms with Crippen LogP contribution in [0.15, 0.2) is 30.3 Å². The van der Waals surface area contributed by atoms with Crippen LogP contribution in [0.3, 0.4) is 0 Å². The number of aryl methyl sites for hydroxylation is 3. The maximum absolute atomic E-state index is 14.0. The minimum absolute atomic E-state index is 0.0311. The van der Waals surface area contributed by atoms with Crippen molar-refractivity contribution in [3.63, 3.8) is 0 Å². The van der Waals surface area contributed by atoms with Crippen LogP contribution in [0.4, 0.5) is 17.6 Å². The fourth-order valence-corrected chi connectivity index (χ4v) is 2.56. The van der Waals surface area contributed by atoms with Gasteiger partial charge < -0.3 is 9.84 Å². The summed E-state index contributed by atoms with van der Waals surface area (Å²) in [4.78, 5) is 12.2. The van der Waals surface area contributed by atoms with Gasteiger partial charge in [0, 0.05) is 12.5 Å². The van der Waals surface area contributed by atoms with Crippen molar-refractivity contribution in [2.24, 2.45) is 0 Å². The van der Waals surface area contributed by atoms with Gasteiger partial charge in [-0.15, -0.1) is 0 Å². The number of ether oxygens (including phenoxy) is 1. The topological polar surface area (TPSA) is 46.5 Å². The second kappa shape index (κ2) is 7.76. The van der Waals surface area contributed by atoms with Gasteiger partial charge in [0.2, 0.25) is 0 Å². The molecule has 0 aliphatic carbocycles. The Bertz CT molecular complexity index is 790. The van der Waals surface area contributed by atoms with Crippen LogP contribution in [-0.4, -0.2) is 23.7 Å². The van der Waals surface area contributed by atoms with Crippen molar-refractivity contribution in [3.8, 4) is 11.5 Å². The molecule has 2 aromatic rings. The number of alkyl halides is 3. The molecular weight excluding hydrogens is 352 g/mol. The highest BCUT2D eigenvalue weighted by Crippen LogP contribution is 2.25. The van der Waals surface area contributed by atoms with E-state index in [-0.39, 0.29) is 23.5 Å². The SMILES string of the molecule is Cc1cc(CCC(=O)c2ccc(OCC(F)(F)F)cc2F)cc(C)c1O. The van der Waals surface area contributed by atoms with E-state index < -0.39 is 24.4 Å². The molecule has 0 unspecified atom stereocenters. The van der Waals surface area contributed by atoms with Crippen molar-refractivity contribution in [1.29, 1.82) is 0 Å². The summed E-state index contributed by atoms with van der Waals surface area (Å²) in [6.45, 7) is 1.96. The molecule has 2 aromatic carbocycles. The number of rotatable bonds is 6. The molecule has 0 amide bonds. The molecule has 0 heterocycles. The Balaban J connectivity index is 2.03. The quantitative estimate of drug-likeness (QED) is 0.581. The molecule has 0 atom stereocenters. The van der Waals surface area contributed by atoms with Crippen LogP contribution in [0.2, 0.25) is 0 Å². The number of Topliss-reactive ketones (excluding diaryl/α,β-unsaturated/α-hetero) is 1. The maximum atomic E-state index is 14.0. The first-order valence-electron chi connectivity index (χ1n) is 7.88. The third kappa shape index (κ3) is 5.21. The van der Waals surface area contributed by atoms with Gasteiger partial charge in [0.15, 0.2) is 12.4 Å². The average Bonchev–Trinajstić information content (AvgIpc) is 2.55. The monoisotopic (exact) mass is 370 g/mol. The summed E-state index contributed by atoms with van der Waals surface area (Å²) in [5, 5.41) is 9.74. The Labute approximate surface area is 148 Å². The van der Waals surface area contributed by atoms with E-state index in [1.165, 1.54) is 0 Å². The number of carbonyl (C=O) groups excluding carboxylic acids is 1. The molecule has 2 rings (SSSR count). The summed E-state index contributed by atoms with van der Waals surface area (Å²) in [5.74, 6) is -1.48. The lowest BCUT2D eigenvalue weighted by Gasteiger charge is -2.10. The van der Waals surface area contributed by atoms with Crippen LogP contribution >= 0.6 is 0 Å². The predicted molar refractivity (Wildman–Crippen MR) is 88.2 cm³/mol. The molecule has 3 nitrogen and oxygen atoms in total. The van der Waals surface area contributed by atoms with Crippen LogP contribution in [0, 0.1) is 19.7 Å². The number of hydrogen-bond acceptors (Lipinski definition) is 3. The van der Waals surface area contributed by atoms with Gasteiger partial charge in [-0.05, 0) is 49.1 Å². The Morgan fingerprint density at radius 1 is 1.12 bits per heavy atom. The number of halogens is 4. The number of ketones is 1. The first kappa shape index (κ1) is 19.8. The van der Waals surface area contributed by atoms with Gasteiger partial charge in [0.1, 0.15) is 17.3 Å². The van der Waals surface area contributed by atoms with Gasteiger partial charge >= 0.3 is 6.18 Å². The van der Waals surface area contributed by atoms with E-state index in [2.05, 4.69) is 4.74 Å². The number of phenolic OH excluding ortho intramolecular Hbond substituents is 1. The summed E-state index contributed by atoms with van der Waals surface area (Å²) in [5.41, 5.74) is 2.00. The maximum Gasteiger partial charge on any atom is 0.422 e. The van der Waals surface area contributed by atoms with Gasteiger partial charge in [-0.25, -0.2) is 4.39 Å². The molecule has 0 aliphatic rings. The predicted octanol–water partition coefficient (Wildman–Crippen LogP) is 4.90. The van der Waals surface area contributed by atoms with E-state index in [0.29, 0.717) is 17.5 Å². The van der Waals surface area contributed by atoms with Crippen LogP contribution in [-0.2, 0) is 6.42 Å². The summed E-state index contributed by atoms with van der Waals surface area (Å²) < 4.78 is 54.8. The minimum atomic E-state index is -4.52. The summed E-state index contributed by atoms with van der Waals surface area (Å²) in [7, 11) is 0. The number of aromatic hydroxyl groups is 1. The Hall–Kier alpha value is -2.57. The highest BCUT2D eigenvalue weighted by Gasteiger charge is 2.28. The number of phenols is 1. The van der Waals surface area contributed by atoms with Gasteiger partial charge in [0.25, 0.3) is 0 Å². The van der Waals surface area contributed by atoms with Crippen molar-refractivity contribution in [1.82, 2.24) is 0 Å². The normalized spacial score (nSPS) is 11.5. The van der Waals surface area contributed by atoms with Gasteiger partial charge in [-0.2, -0.15) is 13.2 Å². The lowest BCUT2D eigenvalue weighted by atomic mass is 9.99. The van der Waals surface area contributed by atoms with Crippen molar-refractivity contribution < 1.29 is 32.2 Å². The van der Waals surface area contributed by atoms with E-state index >= 15 is 0 Å². The van der Waals surface area contributed by atoms with Crippen molar-refractivity contribution >= 4 is 5.78 Å². The minimum Gasteiger partial charge on any atom is -0.507 e. The standard InChI is InChI=1S/C19H18F4O3/c1-11-7-13(8-12(2)18(11)25)3-6-17(24)15-5-4-14(9-16(15)20)26-10-19(21,22)23/h4-5,7-9,25H,3,6,10H2,1-2H3. The van der Waals surface area contributed by atoms with E-state index in [1.807, 2.05) is 0 Å². The van der Waals surface area contributed by atoms with Crippen molar-refractivity contribution in [2.45, 2.75) is 32.9 Å². The fourth-order valence-electron chi connectivity index (χ4n) is 2.56. The van der Waals surface area contributed by atoms with E-state index in [9.17, 15) is 27.5 Å². The first-order chi connectivity index (χ1) is 12.1. The second-order valence-corrected chi connectivity index (χ2v) is 6.05. The first-order valence-corrected chi connectivity index (χ1v) is 7.88. The zero-order valence-electron chi connectivity index (χ0n) is 14.3. The number of benzene rings is 2. The molecule has 0 bridgehead atoms. The number of carbonyl (C=O) groups is 1. The van der Waals surface area contributed by atoms with Gasteiger partial charge in [0.05, 0.1) is 5.56 Å². The second-order valence-electron chi connectivity index (χ2n) is 6.05. The lowest BCUT2D eigenvalue weighted by Crippen LogP contribution is -2.19. The summed E-state index contributed by atoms with van der Waals surface area (Å²) in [6.07, 6.45) is -4.14. The summed E-state index contributed by atoms with van der Waals surface area (Å²) >= 11 is 0. The van der Waals surface area contributed by atoms with Crippen LogP contribution in [0.5, 0.6) is 11.5 Å². The third-order valence-electron chi connectivity index (χ3n) is 3.84. The van der Waals surface area contributed by atoms with Crippen LogP contribution in [0.25, 0.3) is 0 Å². The van der Waals surface area contributed by atoms with E-state index in [0.717, 1.165) is 23.8 Å². The Morgan fingerprint density at radius 3 is 2.27 bits per heavy atom. The van der Waals surface area contributed by atoms with Crippen LogP contribution < -0.4 is 4.74 Å². The Morgan fingerprint density at radius 2 is 1.73 bits per heavy atom. The molecule has 0 saturated carbocycles. The van der Waals surface area contributed by atoms with Gasteiger partial charge in [-0.1, -0.05) is 12.1 Å². The highest BCUT2D eigenvalue weighted by molar-refractivity contribution is 5.96. The molecule has 140 valence electrons. The molecular formula is C19H18F4O3. The fraction of sp³-hybridized carbons (Fsp3) is 0.316. The lowest BCUT2D eigenvalue weighted by molar-refractivity contribution is -0.153.